The van der Waals surface area contributed by atoms with Crippen LogP contribution in [0.15, 0.2) is 23.1 Å². The predicted molar refractivity (Wildman–Crippen MR) is 82.4 cm³/mol. The molecule has 0 bridgehead atoms. The number of carbonyl (C=O) groups is 1. The first-order valence-corrected chi connectivity index (χ1v) is 9.04. The molecule has 0 fully saturated rings. The van der Waals surface area contributed by atoms with Crippen molar-refractivity contribution in [3.05, 3.63) is 29.3 Å². The number of hydrogen-bond acceptors (Lipinski definition) is 5. The van der Waals surface area contributed by atoms with Crippen LogP contribution in [0.1, 0.15) is 22.3 Å². The zero-order chi connectivity index (χ0) is 15.9. The van der Waals surface area contributed by atoms with Crippen LogP contribution in [-0.2, 0) is 10.0 Å². The second-order valence-electron chi connectivity index (χ2n) is 4.37. The van der Waals surface area contributed by atoms with Gasteiger partial charge in [0.2, 0.25) is 10.0 Å². The molecule has 0 unspecified atom stereocenters. The number of thioether (sulfide) groups is 1. The minimum Gasteiger partial charge on any atom is -0.478 e. The van der Waals surface area contributed by atoms with Crippen LogP contribution in [0, 0.1) is 6.92 Å². The molecule has 3 N–H and O–H groups in total. The molecule has 0 aliphatic rings. The second kappa shape index (κ2) is 8.38. The highest BCUT2D eigenvalue weighted by Crippen LogP contribution is 2.15. The highest BCUT2D eigenvalue weighted by atomic mass is 32.2. The van der Waals surface area contributed by atoms with Crippen molar-refractivity contribution in [3.8, 4) is 0 Å². The first kappa shape index (κ1) is 18.0. The van der Waals surface area contributed by atoms with Crippen molar-refractivity contribution in [1.29, 1.82) is 0 Å². The van der Waals surface area contributed by atoms with Crippen LogP contribution in [0.25, 0.3) is 0 Å². The maximum Gasteiger partial charge on any atom is 0.335 e. The summed E-state index contributed by atoms with van der Waals surface area (Å²) in [5.74, 6) is 0.215. The maximum absolute atomic E-state index is 12.1. The zero-order valence-electron chi connectivity index (χ0n) is 11.7. The Bertz CT molecular complexity index is 586. The lowest BCUT2D eigenvalue weighted by atomic mass is 10.1. The lowest BCUT2D eigenvalue weighted by Gasteiger charge is -2.08. The molecular formula is C13H19NO5S2. The number of sulfonamides is 1. The summed E-state index contributed by atoms with van der Waals surface area (Å²) in [6.07, 6.45) is 0.678. The van der Waals surface area contributed by atoms with Crippen molar-refractivity contribution in [3.63, 3.8) is 0 Å². The van der Waals surface area contributed by atoms with Crippen molar-refractivity contribution in [2.24, 2.45) is 0 Å². The smallest absolute Gasteiger partial charge is 0.335 e. The van der Waals surface area contributed by atoms with Gasteiger partial charge in [-0.25, -0.2) is 17.9 Å². The minimum absolute atomic E-state index is 0.0183. The molecule has 0 aromatic heterocycles. The summed E-state index contributed by atoms with van der Waals surface area (Å²) in [7, 11) is -3.70. The van der Waals surface area contributed by atoms with Crippen LogP contribution in [0.2, 0.25) is 0 Å². The molecule has 0 heterocycles. The van der Waals surface area contributed by atoms with E-state index in [0.717, 1.165) is 5.75 Å². The van der Waals surface area contributed by atoms with Crippen LogP contribution in [0.3, 0.4) is 0 Å². The summed E-state index contributed by atoms with van der Waals surface area (Å²) in [5, 5.41) is 17.6. The van der Waals surface area contributed by atoms with Gasteiger partial charge in [0.1, 0.15) is 0 Å². The highest BCUT2D eigenvalue weighted by Gasteiger charge is 2.17. The van der Waals surface area contributed by atoms with Crippen molar-refractivity contribution < 1.29 is 23.4 Å². The topological polar surface area (TPSA) is 104 Å². The standard InChI is InChI=1S/C13H19NO5S2/c1-10-3-4-11(9-12(10)13(16)17)21(18,19)14-5-8-20-7-2-6-15/h3-4,9,14-15H,2,5-8H2,1H3,(H,16,17). The Labute approximate surface area is 128 Å². The molecule has 0 atom stereocenters. The molecule has 0 radical (unpaired) electrons. The number of benzene rings is 1. The van der Waals surface area contributed by atoms with Crippen molar-refractivity contribution >= 4 is 27.8 Å². The number of aliphatic hydroxyl groups is 1. The van der Waals surface area contributed by atoms with Gasteiger partial charge in [0.25, 0.3) is 0 Å². The summed E-state index contributed by atoms with van der Waals surface area (Å²) >= 11 is 1.54. The Hall–Kier alpha value is -1.09. The van der Waals surface area contributed by atoms with Crippen LogP contribution >= 0.6 is 11.8 Å². The van der Waals surface area contributed by atoms with E-state index in [0.29, 0.717) is 17.7 Å². The Morgan fingerprint density at radius 1 is 1.33 bits per heavy atom. The summed E-state index contributed by atoms with van der Waals surface area (Å²) in [6, 6.07) is 4.04. The van der Waals surface area contributed by atoms with E-state index in [1.807, 2.05) is 0 Å². The van der Waals surface area contributed by atoms with E-state index in [2.05, 4.69) is 4.72 Å². The van der Waals surface area contributed by atoms with Gasteiger partial charge in [0, 0.05) is 18.9 Å². The molecule has 0 aliphatic carbocycles. The van der Waals surface area contributed by atoms with Gasteiger partial charge < -0.3 is 10.2 Å². The third kappa shape index (κ3) is 5.66. The monoisotopic (exact) mass is 333 g/mol. The normalized spacial score (nSPS) is 11.5. The number of rotatable bonds is 9. The van der Waals surface area contributed by atoms with Crippen molar-refractivity contribution in [2.45, 2.75) is 18.2 Å². The van der Waals surface area contributed by atoms with E-state index in [9.17, 15) is 13.2 Å². The van der Waals surface area contributed by atoms with E-state index in [1.165, 1.54) is 18.2 Å². The Morgan fingerprint density at radius 2 is 2.05 bits per heavy atom. The first-order valence-electron chi connectivity index (χ1n) is 6.40. The molecule has 1 aromatic carbocycles. The fourth-order valence-electron chi connectivity index (χ4n) is 1.60. The maximum atomic E-state index is 12.1. The van der Waals surface area contributed by atoms with Gasteiger partial charge in [0.05, 0.1) is 10.5 Å². The average molecular weight is 333 g/mol. The number of carboxylic acids is 1. The number of aliphatic hydroxyl groups excluding tert-OH is 1. The van der Waals surface area contributed by atoms with Gasteiger partial charge in [-0.1, -0.05) is 6.07 Å². The largest absolute Gasteiger partial charge is 0.478 e. The van der Waals surface area contributed by atoms with Gasteiger partial charge in [-0.05, 0) is 36.8 Å². The lowest BCUT2D eigenvalue weighted by molar-refractivity contribution is 0.0696. The Kier molecular flexibility index (Phi) is 7.16. The number of carboxylic acid groups (broad SMARTS) is 1. The quantitative estimate of drug-likeness (QED) is 0.584. The second-order valence-corrected chi connectivity index (χ2v) is 7.36. The van der Waals surface area contributed by atoms with Crippen LogP contribution in [0.5, 0.6) is 0 Å². The molecular weight excluding hydrogens is 314 g/mol. The minimum atomic E-state index is -3.70. The van der Waals surface area contributed by atoms with Gasteiger partial charge >= 0.3 is 5.97 Å². The molecule has 21 heavy (non-hydrogen) atoms. The molecule has 0 amide bonds. The third-order valence-electron chi connectivity index (χ3n) is 2.74. The molecule has 0 spiro atoms. The number of aromatic carboxylic acids is 1. The average Bonchev–Trinajstić information content (AvgIpc) is 2.42. The molecule has 8 heteroatoms. The Balaban J connectivity index is 2.66. The van der Waals surface area contributed by atoms with Crippen LogP contribution < -0.4 is 4.72 Å². The summed E-state index contributed by atoms with van der Waals surface area (Å²) < 4.78 is 26.5. The first-order chi connectivity index (χ1) is 9.88. The zero-order valence-corrected chi connectivity index (χ0v) is 13.3. The number of nitrogens with one attached hydrogen (secondary N) is 1. The Morgan fingerprint density at radius 3 is 2.67 bits per heavy atom. The van der Waals surface area contributed by atoms with E-state index < -0.39 is 16.0 Å². The fraction of sp³-hybridized carbons (Fsp3) is 0.462. The molecule has 6 nitrogen and oxygen atoms in total. The summed E-state index contributed by atoms with van der Waals surface area (Å²) in [6.45, 7) is 2.00. The van der Waals surface area contributed by atoms with Gasteiger partial charge in [0.15, 0.2) is 0 Å². The van der Waals surface area contributed by atoms with Crippen LogP contribution in [0.4, 0.5) is 0 Å². The van der Waals surface area contributed by atoms with Gasteiger partial charge in [-0.15, -0.1) is 0 Å². The molecule has 0 saturated carbocycles. The molecule has 0 aliphatic heterocycles. The van der Waals surface area contributed by atoms with E-state index in [-0.39, 0.29) is 23.6 Å². The molecule has 1 rings (SSSR count). The van der Waals surface area contributed by atoms with E-state index >= 15 is 0 Å². The lowest BCUT2D eigenvalue weighted by Crippen LogP contribution is -2.26. The van der Waals surface area contributed by atoms with Gasteiger partial charge in [-0.2, -0.15) is 11.8 Å². The molecule has 0 saturated heterocycles. The van der Waals surface area contributed by atoms with E-state index in [4.69, 9.17) is 10.2 Å². The SMILES string of the molecule is Cc1ccc(S(=O)(=O)NCCSCCCO)cc1C(=O)O. The predicted octanol–water partition coefficient (Wildman–Crippen LogP) is 1.09. The number of aryl methyl sites for hydroxylation is 1. The summed E-state index contributed by atoms with van der Waals surface area (Å²) in [5.41, 5.74) is 0.496. The molecule has 118 valence electrons. The van der Waals surface area contributed by atoms with E-state index in [1.54, 1.807) is 18.7 Å². The van der Waals surface area contributed by atoms with Crippen LogP contribution in [-0.4, -0.2) is 49.3 Å². The van der Waals surface area contributed by atoms with Crippen molar-refractivity contribution in [1.82, 2.24) is 4.72 Å². The highest BCUT2D eigenvalue weighted by molar-refractivity contribution is 7.99. The van der Waals surface area contributed by atoms with Gasteiger partial charge in [-0.3, -0.25) is 0 Å². The third-order valence-corrected chi connectivity index (χ3v) is 5.26. The van der Waals surface area contributed by atoms with Crippen molar-refractivity contribution in [2.75, 3.05) is 24.7 Å². The summed E-state index contributed by atoms with van der Waals surface area (Å²) in [4.78, 5) is 11.0. The fourth-order valence-corrected chi connectivity index (χ4v) is 3.57. The molecule has 1 aromatic rings. The number of hydrogen-bond donors (Lipinski definition) is 3.